The number of carbonyl (C=O) groups excluding carboxylic acids is 2. The van der Waals surface area contributed by atoms with Gasteiger partial charge in [0.05, 0.1) is 13.2 Å². The van der Waals surface area contributed by atoms with E-state index in [1.165, 1.54) is 6.42 Å². The number of halogens is 1. The van der Waals surface area contributed by atoms with Gasteiger partial charge >= 0.3 is 0 Å². The van der Waals surface area contributed by atoms with Crippen LogP contribution in [0.4, 0.5) is 0 Å². The maximum absolute atomic E-state index is 13.4. The van der Waals surface area contributed by atoms with E-state index in [0.29, 0.717) is 23.6 Å². The van der Waals surface area contributed by atoms with Gasteiger partial charge in [-0.15, -0.1) is 11.6 Å². The highest BCUT2D eigenvalue weighted by atomic mass is 35.5. The molecule has 1 aliphatic carbocycles. The molecule has 1 fully saturated rings. The normalized spacial score (nSPS) is 15.5. The number of amides is 2. The van der Waals surface area contributed by atoms with Crippen LogP contribution in [-0.2, 0) is 9.59 Å². The van der Waals surface area contributed by atoms with Gasteiger partial charge in [0, 0.05) is 12.6 Å². The van der Waals surface area contributed by atoms with Crippen molar-refractivity contribution in [2.75, 3.05) is 19.5 Å². The highest BCUT2D eigenvalue weighted by molar-refractivity contribution is 6.27. The lowest BCUT2D eigenvalue weighted by molar-refractivity contribution is -0.139. The van der Waals surface area contributed by atoms with Gasteiger partial charge in [-0.3, -0.25) is 9.59 Å². The Balaban J connectivity index is 2.40. The second kappa shape index (κ2) is 12.0. The molecule has 0 spiro atoms. The van der Waals surface area contributed by atoms with Crippen molar-refractivity contribution in [2.24, 2.45) is 0 Å². The summed E-state index contributed by atoms with van der Waals surface area (Å²) in [5.74, 6) is 0.538. The summed E-state index contributed by atoms with van der Waals surface area (Å²) in [4.78, 5) is 27.6. The molecule has 2 amide bonds. The Hall–Kier alpha value is -1.95. The molecule has 30 heavy (non-hydrogen) atoms. The number of nitrogens with zero attached hydrogens (tertiary/aromatic N) is 1. The molecule has 6 nitrogen and oxygen atoms in total. The van der Waals surface area contributed by atoms with E-state index in [-0.39, 0.29) is 29.8 Å². The first-order chi connectivity index (χ1) is 14.4. The number of benzene rings is 1. The summed E-state index contributed by atoms with van der Waals surface area (Å²) in [5, 5.41) is 3.17. The van der Waals surface area contributed by atoms with E-state index in [4.69, 9.17) is 21.1 Å². The van der Waals surface area contributed by atoms with Crippen molar-refractivity contribution in [1.82, 2.24) is 10.2 Å². The van der Waals surface area contributed by atoms with Gasteiger partial charge in [0.2, 0.25) is 11.8 Å². The van der Waals surface area contributed by atoms with Gasteiger partial charge in [0.15, 0.2) is 11.5 Å². The highest BCUT2D eigenvalue weighted by Crippen LogP contribution is 2.33. The van der Waals surface area contributed by atoms with Gasteiger partial charge in [-0.1, -0.05) is 32.3 Å². The van der Waals surface area contributed by atoms with Crippen LogP contribution in [-0.4, -0.2) is 48.4 Å². The molecule has 7 heteroatoms. The van der Waals surface area contributed by atoms with E-state index in [0.717, 1.165) is 32.1 Å². The summed E-state index contributed by atoms with van der Waals surface area (Å²) in [6, 6.07) is 4.79. The zero-order valence-electron chi connectivity index (χ0n) is 18.6. The maximum Gasteiger partial charge on any atom is 0.247 e. The molecular formula is C23H35ClN2O4. The van der Waals surface area contributed by atoms with Gasteiger partial charge < -0.3 is 19.7 Å². The Kier molecular flexibility index (Phi) is 9.76. The lowest BCUT2D eigenvalue weighted by Gasteiger charge is -2.33. The number of carbonyl (C=O) groups is 2. The summed E-state index contributed by atoms with van der Waals surface area (Å²) in [7, 11) is 1.57. The van der Waals surface area contributed by atoms with E-state index in [1.54, 1.807) is 24.1 Å². The molecule has 1 N–H and O–H groups in total. The van der Waals surface area contributed by atoms with Crippen LogP contribution in [0, 0.1) is 0 Å². The number of alkyl halides is 1. The van der Waals surface area contributed by atoms with Crippen LogP contribution < -0.4 is 14.8 Å². The molecule has 0 radical (unpaired) electrons. The van der Waals surface area contributed by atoms with Crippen molar-refractivity contribution in [3.63, 3.8) is 0 Å². The predicted molar refractivity (Wildman–Crippen MR) is 119 cm³/mol. The third-order valence-electron chi connectivity index (χ3n) is 5.28. The Morgan fingerprint density at radius 3 is 2.47 bits per heavy atom. The molecule has 0 unspecified atom stereocenters. The molecule has 0 aromatic heterocycles. The van der Waals surface area contributed by atoms with Crippen molar-refractivity contribution in [2.45, 2.75) is 77.5 Å². The molecule has 0 aliphatic heterocycles. The predicted octanol–water partition coefficient (Wildman–Crippen LogP) is 4.45. The molecule has 1 aromatic rings. The number of methoxy groups -OCH3 is 1. The number of nitrogens with one attached hydrogen (secondary N) is 1. The zero-order valence-corrected chi connectivity index (χ0v) is 19.3. The van der Waals surface area contributed by atoms with E-state index < -0.39 is 6.04 Å². The number of hydrogen-bond donors (Lipinski definition) is 1. The van der Waals surface area contributed by atoms with Crippen LogP contribution in [0.2, 0.25) is 0 Å². The monoisotopic (exact) mass is 438 g/mol. The number of rotatable bonds is 10. The fourth-order valence-electron chi connectivity index (χ4n) is 3.92. The Labute approximate surface area is 185 Å². The molecule has 0 heterocycles. The fourth-order valence-corrected chi connectivity index (χ4v) is 4.07. The van der Waals surface area contributed by atoms with E-state index in [9.17, 15) is 9.59 Å². The smallest absolute Gasteiger partial charge is 0.247 e. The molecule has 1 atom stereocenters. The van der Waals surface area contributed by atoms with Crippen LogP contribution >= 0.6 is 11.6 Å². The second-order valence-electron chi connectivity index (χ2n) is 8.04. The quantitative estimate of drug-likeness (QED) is 0.548. The van der Waals surface area contributed by atoms with Crippen LogP contribution in [0.3, 0.4) is 0 Å². The summed E-state index contributed by atoms with van der Waals surface area (Å²) in [6.07, 6.45) is 6.09. The first-order valence-corrected chi connectivity index (χ1v) is 11.4. The Morgan fingerprint density at radius 2 is 1.90 bits per heavy atom. The van der Waals surface area contributed by atoms with Gasteiger partial charge in [-0.2, -0.15) is 0 Å². The van der Waals surface area contributed by atoms with Crippen LogP contribution in [0.25, 0.3) is 0 Å². The van der Waals surface area contributed by atoms with Gasteiger partial charge in [0.25, 0.3) is 0 Å². The molecule has 168 valence electrons. The average Bonchev–Trinajstić information content (AvgIpc) is 2.74. The third kappa shape index (κ3) is 6.53. The Bertz CT molecular complexity index is 704. The summed E-state index contributed by atoms with van der Waals surface area (Å²) >= 11 is 5.88. The van der Waals surface area contributed by atoms with E-state index in [2.05, 4.69) is 5.32 Å². The first kappa shape index (κ1) is 24.3. The van der Waals surface area contributed by atoms with Crippen LogP contribution in [0.5, 0.6) is 11.5 Å². The van der Waals surface area contributed by atoms with Crippen LogP contribution in [0.1, 0.15) is 70.9 Å². The molecule has 1 aliphatic rings. The summed E-state index contributed by atoms with van der Waals surface area (Å²) < 4.78 is 11.3. The van der Waals surface area contributed by atoms with Crippen molar-refractivity contribution in [3.8, 4) is 11.5 Å². The van der Waals surface area contributed by atoms with Crippen molar-refractivity contribution < 1.29 is 19.1 Å². The number of hydrogen-bond acceptors (Lipinski definition) is 4. The third-order valence-corrected chi connectivity index (χ3v) is 5.51. The summed E-state index contributed by atoms with van der Waals surface area (Å²) in [5.41, 5.74) is 0.684. The molecule has 0 bridgehead atoms. The second-order valence-corrected chi connectivity index (χ2v) is 8.31. The van der Waals surface area contributed by atoms with E-state index >= 15 is 0 Å². The molecule has 2 rings (SSSR count). The first-order valence-electron chi connectivity index (χ1n) is 10.9. The molecular weight excluding hydrogens is 404 g/mol. The zero-order chi connectivity index (χ0) is 22.1. The minimum atomic E-state index is -0.764. The molecule has 1 saturated carbocycles. The minimum Gasteiger partial charge on any atom is -0.493 e. The lowest BCUT2D eigenvalue weighted by atomic mass is 9.94. The maximum atomic E-state index is 13.4. The largest absolute Gasteiger partial charge is 0.493 e. The van der Waals surface area contributed by atoms with Crippen molar-refractivity contribution in [3.05, 3.63) is 23.8 Å². The topological polar surface area (TPSA) is 67.9 Å². The van der Waals surface area contributed by atoms with Crippen LogP contribution in [0.15, 0.2) is 18.2 Å². The fraction of sp³-hybridized carbons (Fsp3) is 0.652. The average molecular weight is 439 g/mol. The Morgan fingerprint density at radius 1 is 1.20 bits per heavy atom. The lowest BCUT2D eigenvalue weighted by Crippen LogP contribution is -2.47. The number of ether oxygens (including phenoxy) is 2. The van der Waals surface area contributed by atoms with Gasteiger partial charge in [-0.25, -0.2) is 0 Å². The van der Waals surface area contributed by atoms with Gasteiger partial charge in [-0.05, 0) is 50.8 Å². The molecule has 1 aromatic carbocycles. The summed E-state index contributed by atoms with van der Waals surface area (Å²) in [6.45, 7) is 6.30. The highest BCUT2D eigenvalue weighted by Gasteiger charge is 2.32. The van der Waals surface area contributed by atoms with Crippen molar-refractivity contribution in [1.29, 1.82) is 0 Å². The minimum absolute atomic E-state index is 0.00966. The van der Waals surface area contributed by atoms with Crippen molar-refractivity contribution >= 4 is 23.4 Å². The SMILES string of the molecule is CCCN(C(=O)CCl)[C@@H](C(=O)NC1CCCCC1)c1ccc(OC(C)C)c(OC)c1. The van der Waals surface area contributed by atoms with E-state index in [1.807, 2.05) is 26.8 Å². The van der Waals surface area contributed by atoms with Gasteiger partial charge in [0.1, 0.15) is 11.9 Å². The standard InChI is InChI=1S/C23H35ClN2O4/c1-5-13-26(21(27)15-24)22(23(28)25-18-9-7-6-8-10-18)17-11-12-19(30-16(2)3)20(14-17)29-4/h11-12,14,16,18,22H,5-10,13,15H2,1-4H3,(H,25,28)/t22-/m1/s1. The molecule has 0 saturated heterocycles.